The van der Waals surface area contributed by atoms with E-state index in [-0.39, 0.29) is 74.7 Å². The van der Waals surface area contributed by atoms with Gasteiger partial charge in [0.25, 0.3) is 11.8 Å². The molecule has 4 bridgehead atoms. The van der Waals surface area contributed by atoms with Crippen molar-refractivity contribution in [3.8, 4) is 62.8 Å². The highest BCUT2D eigenvalue weighted by Gasteiger charge is 2.37. The number of carbonyl (C=O) groups excluding carboxylic acids is 2. The van der Waals surface area contributed by atoms with Crippen LogP contribution < -0.4 is 93.7 Å². The fraction of sp³-hybridized carbons (Fsp3) is 0.422. The summed E-state index contributed by atoms with van der Waals surface area (Å²) >= 11 is 24.4. The molecule has 0 aliphatic carbocycles. The van der Waals surface area contributed by atoms with Gasteiger partial charge in [0.2, 0.25) is 32.3 Å². The average Bonchev–Trinajstić information content (AvgIpc) is 1.63. The third-order valence-corrected chi connectivity index (χ3v) is 31.1. The Hall–Kier alpha value is -10.1. The lowest BCUT2D eigenvalue weighted by Crippen LogP contribution is -2.28. The molecule has 0 spiro atoms. The maximum absolute atomic E-state index is 12.6. The zero-order valence-corrected chi connectivity index (χ0v) is 92.0. The van der Waals surface area contributed by atoms with E-state index in [1.165, 1.54) is 54.3 Å². The van der Waals surface area contributed by atoms with Crippen LogP contribution in [0.4, 0.5) is 46.4 Å². The van der Waals surface area contributed by atoms with Crippen molar-refractivity contribution in [2.75, 3.05) is 140 Å². The Morgan fingerprint density at radius 1 is 0.604 bits per heavy atom. The van der Waals surface area contributed by atoms with E-state index in [1.54, 1.807) is 41.7 Å². The molecule has 42 heteroatoms. The second-order valence-corrected chi connectivity index (χ2v) is 44.7. The number of halogens is 5. The normalized spacial score (nSPS) is 16.2. The topological polar surface area (TPSA) is 470 Å². The van der Waals surface area contributed by atoms with Gasteiger partial charge < -0.3 is 93.7 Å². The van der Waals surface area contributed by atoms with Gasteiger partial charge in [-0.3, -0.25) is 24.5 Å². The Bertz CT molecular complexity index is 6440. The van der Waals surface area contributed by atoms with Gasteiger partial charge in [-0.25, -0.2) is 54.8 Å². The lowest BCUT2D eigenvalue weighted by atomic mass is 9.92. The molecule has 2 amide bonds. The number of nitrogens with one attached hydrogen (secondary N) is 6. The van der Waals surface area contributed by atoms with Crippen molar-refractivity contribution >= 4 is 211 Å². The van der Waals surface area contributed by atoms with Gasteiger partial charge in [-0.2, -0.15) is 0 Å². The predicted octanol–water partition coefficient (Wildman–Crippen LogP) is 19.4. The third kappa shape index (κ3) is 28.4. The number of rotatable bonds is 26. The largest absolute Gasteiger partial charge is 0.491 e. The number of hydrogen-bond donors (Lipinski definition) is 11. The second-order valence-electron chi connectivity index (χ2n) is 37.2. The first-order valence-electron chi connectivity index (χ1n) is 47.7. The number of likely N-dealkylation sites (tertiary alicyclic amines) is 1. The first-order chi connectivity index (χ1) is 68.8. The third-order valence-electron chi connectivity index (χ3n) is 24.1. The molecule has 5 aromatic carbocycles. The van der Waals surface area contributed by atoms with Crippen LogP contribution in [-0.2, 0) is 12.8 Å². The van der Waals surface area contributed by atoms with Crippen LogP contribution in [0.3, 0.4) is 0 Å². The molecular weight excluding hydrogens is 2270 g/mol. The molecule has 8 aliphatic heterocycles. The van der Waals surface area contributed by atoms with Crippen LogP contribution in [0, 0.1) is 41.8 Å². The van der Waals surface area contributed by atoms with Gasteiger partial charge in [-0.05, 0) is 292 Å². The molecule has 34 nitrogen and oxygen atoms in total. The summed E-state index contributed by atoms with van der Waals surface area (Å²) in [6.45, 7) is 37.4. The zero-order chi connectivity index (χ0) is 101. The molecule has 3 atom stereocenters. The Kier molecular flexibility index (Phi) is 38.8. The van der Waals surface area contributed by atoms with Crippen molar-refractivity contribution < 1.29 is 42.7 Å². The first-order valence-corrected chi connectivity index (χ1v) is 54.3. The number of thioether (sulfide) groups is 2. The number of hydrogen-bond acceptors (Lipinski definition) is 35. The van der Waals surface area contributed by atoms with Crippen molar-refractivity contribution in [1.29, 1.82) is 0 Å². The van der Waals surface area contributed by atoms with Gasteiger partial charge in [0, 0.05) is 111 Å². The lowest BCUT2D eigenvalue weighted by molar-refractivity contribution is 0.0947. The number of anilines is 5. The van der Waals surface area contributed by atoms with Crippen LogP contribution in [0.1, 0.15) is 185 Å². The molecule has 764 valence electrons. The van der Waals surface area contributed by atoms with E-state index >= 15 is 0 Å². The molecule has 0 saturated carbocycles. The first kappa shape index (κ1) is 110. The van der Waals surface area contributed by atoms with Gasteiger partial charge in [0.15, 0.2) is 52.0 Å². The standard InChI is InChI=1S/C21H23Cl2N5O2S.C20H24IN5O2S.2C20H24IN5O2.C20H25N5OS.CH4/c1-2-25-19(29)17-10-13-18(26-21(24)27-20(13)31-17)12-9-16(15(23)11-14(12)22)30-8-7-28-5-3-4-6-28;1-20(2,3)8-23-5-4-11-16-17(18(22)25-9-24-16)26-19(11)29-15-7-14-13(6-12(15)21)27-10-28-14;2*1-11(2)8-23-4-3-13-15(26-19-18(13)24-9-25-20(19)22)5-12-6-16-17(7-14(12)21)28-10-27-16;1-12-9-13(2)16-10-15(12)17-11-18(25-20(21)24-17)27-8-5-14(3)22-6-4-7-23-19(16)26;/h9-11H,2-8H2,1H3,(H,25,29)(H2,24,26,27);6-7,9,11,23H,4-5,8,10H2,1-3H3,(H2,22,24,25);2*6-7,9,11,13,23H,3-5,8,10H2,1-2H3,(H2,22,24,25);9-11,22H,3-8H2,1-2H3,(H,23,26)(H2,21,24,25);1H4. The van der Waals surface area contributed by atoms with E-state index in [4.69, 9.17) is 100 Å². The fourth-order valence-electron chi connectivity index (χ4n) is 17.0. The molecule has 144 heavy (non-hydrogen) atoms. The molecule has 1 saturated heterocycles. The smallest absolute Gasteiger partial charge is 0.261 e. The van der Waals surface area contributed by atoms with E-state index in [1.807, 2.05) is 63.2 Å². The quantitative estimate of drug-likeness (QED) is 0.0136. The van der Waals surface area contributed by atoms with E-state index < -0.39 is 0 Å². The molecule has 8 aliphatic rings. The van der Waals surface area contributed by atoms with Crippen molar-refractivity contribution in [1.82, 2.24) is 86.6 Å². The van der Waals surface area contributed by atoms with Crippen molar-refractivity contribution in [2.24, 2.45) is 32.2 Å². The van der Waals surface area contributed by atoms with Gasteiger partial charge in [-0.1, -0.05) is 104 Å². The van der Waals surface area contributed by atoms with E-state index in [9.17, 15) is 9.59 Å². The molecule has 1 fully saturated rings. The Balaban J connectivity index is 0.000000143. The average molecular weight is 2390 g/mol. The molecular formula is C102H124Cl2I3N25O9S3. The molecule has 3 unspecified atom stereocenters. The van der Waals surface area contributed by atoms with Crippen LogP contribution in [-0.4, -0.2) is 194 Å². The summed E-state index contributed by atoms with van der Waals surface area (Å²) in [6.07, 6.45) is 12.9. The number of aromatic nitrogens is 10. The Morgan fingerprint density at radius 3 is 1.69 bits per heavy atom. The molecule has 14 heterocycles. The second kappa shape index (κ2) is 51.0. The molecule has 11 aromatic rings. The van der Waals surface area contributed by atoms with Gasteiger partial charge in [0.05, 0.1) is 54.4 Å². The van der Waals surface area contributed by atoms with Crippen LogP contribution in [0.25, 0.3) is 32.7 Å². The van der Waals surface area contributed by atoms with Gasteiger partial charge in [-0.15, -0.1) is 23.1 Å². The number of fused-ring (bicyclic) bond motifs is 12. The maximum atomic E-state index is 12.6. The Labute approximate surface area is 903 Å². The fourth-order valence-corrected chi connectivity index (χ4v) is 22.5. The summed E-state index contributed by atoms with van der Waals surface area (Å²) in [6, 6.07) is 23.2. The zero-order valence-electron chi connectivity index (χ0n) is 81.6. The number of ether oxygens (including phenoxy) is 7. The predicted molar refractivity (Wildman–Crippen MR) is 604 cm³/mol. The van der Waals surface area contributed by atoms with Gasteiger partial charge in [0.1, 0.15) is 58.3 Å². The highest BCUT2D eigenvalue weighted by molar-refractivity contribution is 14.1. The summed E-state index contributed by atoms with van der Waals surface area (Å²) in [5, 5.41) is 23.0. The SMILES string of the molecule is C.C=C1CCSc2cc(nc(N)n2)-c2cc(c(C)cc2C)C(=O)NCCCN1.CC(C)(C)CNCCC1C(Sc2cc3c(cc2I)OCO3)=Nc2c(N)ncnc21.CC(C)CNCCC1C(Cc2cc3c(cc2I)OCO3)=Nc2c(N)ncnc21.CC(C)CNCCC1C(Cc2cc3c(cc2I)OCO3)=Nc2c(N)ncnc21.CCNC(=O)c1cc2c(-c3cc(OCCN4CCCC4)c(Cl)cc3Cl)nc(N)nc2s1. The van der Waals surface area contributed by atoms with Crippen LogP contribution in [0.2, 0.25) is 10.0 Å². The summed E-state index contributed by atoms with van der Waals surface area (Å²) in [7, 11) is 0. The van der Waals surface area contributed by atoms with Crippen LogP contribution >= 0.6 is 126 Å². The monoisotopic (exact) mass is 2390 g/mol. The number of nitrogens with zero attached hydrogens (tertiary/aromatic N) is 14. The number of amides is 2. The number of allylic oxidation sites excluding steroid dienone is 1. The minimum Gasteiger partial charge on any atom is -0.491 e. The van der Waals surface area contributed by atoms with Gasteiger partial charge >= 0.3 is 0 Å². The van der Waals surface area contributed by atoms with Crippen LogP contribution in [0.15, 0.2) is 129 Å². The molecule has 16 N–H and O–H groups in total. The van der Waals surface area contributed by atoms with E-state index in [0.717, 1.165) is 244 Å². The van der Waals surface area contributed by atoms with E-state index in [2.05, 4.69) is 222 Å². The molecule has 0 radical (unpaired) electrons. The highest BCUT2D eigenvalue weighted by Crippen LogP contribution is 2.50. The summed E-state index contributed by atoms with van der Waals surface area (Å²) in [5.41, 5.74) is 46.2. The van der Waals surface area contributed by atoms with Crippen LogP contribution in [0.5, 0.6) is 40.2 Å². The number of thiophene rings is 1. The lowest BCUT2D eigenvalue weighted by Gasteiger charge is -2.20. The minimum absolute atomic E-state index is 0. The number of aliphatic imine (C=N–C) groups is 3. The number of carbonyl (C=O) groups is 2. The number of nitrogen functional groups attached to an aromatic ring is 5. The van der Waals surface area contributed by atoms with E-state index in [0.29, 0.717) is 102 Å². The number of benzene rings is 5. The highest BCUT2D eigenvalue weighted by atomic mass is 127. The van der Waals surface area contributed by atoms with Crippen molar-refractivity contribution in [3.63, 3.8) is 0 Å². The summed E-state index contributed by atoms with van der Waals surface area (Å²) < 4.78 is 42.4. The number of aryl methyl sites for hydroxylation is 2. The maximum Gasteiger partial charge on any atom is 0.261 e. The number of nitrogens with two attached hydrogens (primary N) is 5. The summed E-state index contributed by atoms with van der Waals surface area (Å²) in [4.78, 5) is 87.4. The van der Waals surface area contributed by atoms with Crippen molar-refractivity contribution in [2.45, 2.75) is 162 Å². The molecule has 19 rings (SSSR count). The Morgan fingerprint density at radius 2 is 1.12 bits per heavy atom. The molecule has 6 aromatic heterocycles. The minimum atomic E-state index is -0.164. The summed E-state index contributed by atoms with van der Waals surface area (Å²) in [5.74, 6) is 9.17. The van der Waals surface area contributed by atoms with Crippen molar-refractivity contribution in [3.05, 3.63) is 175 Å².